The van der Waals surface area contributed by atoms with E-state index in [1.54, 1.807) is 12.0 Å². The van der Waals surface area contributed by atoms with Gasteiger partial charge in [-0.2, -0.15) is 0 Å². The van der Waals surface area contributed by atoms with E-state index in [1.165, 1.54) is 5.56 Å². The summed E-state index contributed by atoms with van der Waals surface area (Å²) in [7, 11) is 1.61. The van der Waals surface area contributed by atoms with Gasteiger partial charge in [-0.25, -0.2) is 0 Å². The van der Waals surface area contributed by atoms with E-state index in [0.717, 1.165) is 22.6 Å². The lowest BCUT2D eigenvalue weighted by Gasteiger charge is -2.18. The Morgan fingerprint density at radius 2 is 1.88 bits per heavy atom. The number of methoxy groups -OCH3 is 1. The molecule has 3 rings (SSSR count). The Balaban J connectivity index is 1.59. The van der Waals surface area contributed by atoms with Crippen LogP contribution in [0.25, 0.3) is 0 Å². The third-order valence-electron chi connectivity index (χ3n) is 4.82. The number of hydrogen-bond acceptors (Lipinski definition) is 3. The fourth-order valence-corrected chi connectivity index (χ4v) is 3.15. The highest BCUT2D eigenvalue weighted by Gasteiger charge is 2.31. The number of aryl methyl sites for hydroxylation is 2. The number of nitrogens with zero attached hydrogens (tertiary/aromatic N) is 1. The Kier molecular flexibility index (Phi) is 5.26. The molecule has 1 N–H and O–H groups in total. The van der Waals surface area contributed by atoms with E-state index in [4.69, 9.17) is 4.74 Å². The van der Waals surface area contributed by atoms with Gasteiger partial charge >= 0.3 is 0 Å². The maximum atomic E-state index is 12.4. The molecule has 26 heavy (non-hydrogen) atoms. The summed E-state index contributed by atoms with van der Waals surface area (Å²) in [5.74, 6) is 0.734. The van der Waals surface area contributed by atoms with E-state index in [-0.39, 0.29) is 17.9 Å². The standard InChI is InChI=1S/C21H24N2O3/c1-14-4-7-18(10-15(14)2)23-13-17(12-21(23)25)22-20(24)11-16-5-8-19(26-3)9-6-16/h4-10,17H,11-13H2,1-3H3,(H,22,24)/t17-/m1/s1. The molecule has 0 aromatic heterocycles. The summed E-state index contributed by atoms with van der Waals surface area (Å²) >= 11 is 0. The Morgan fingerprint density at radius 3 is 2.54 bits per heavy atom. The van der Waals surface area contributed by atoms with Crippen LogP contribution in [-0.4, -0.2) is 31.5 Å². The van der Waals surface area contributed by atoms with Crippen LogP contribution >= 0.6 is 0 Å². The zero-order valence-electron chi connectivity index (χ0n) is 15.4. The van der Waals surface area contributed by atoms with Crippen LogP contribution in [0.4, 0.5) is 5.69 Å². The zero-order chi connectivity index (χ0) is 18.7. The van der Waals surface area contributed by atoms with Crippen molar-refractivity contribution in [2.45, 2.75) is 32.7 Å². The zero-order valence-corrected chi connectivity index (χ0v) is 15.4. The van der Waals surface area contributed by atoms with Gasteiger partial charge in [-0.3, -0.25) is 9.59 Å². The minimum Gasteiger partial charge on any atom is -0.497 e. The Hall–Kier alpha value is -2.82. The summed E-state index contributed by atoms with van der Waals surface area (Å²) in [6.45, 7) is 4.59. The van der Waals surface area contributed by atoms with E-state index in [1.807, 2.05) is 56.3 Å². The number of carbonyl (C=O) groups is 2. The number of ether oxygens (including phenoxy) is 1. The first-order valence-electron chi connectivity index (χ1n) is 8.76. The van der Waals surface area contributed by atoms with Gasteiger partial charge in [-0.15, -0.1) is 0 Å². The molecule has 0 unspecified atom stereocenters. The molecule has 0 radical (unpaired) electrons. The summed E-state index contributed by atoms with van der Waals surface area (Å²) in [5, 5.41) is 2.98. The minimum absolute atomic E-state index is 0.0444. The van der Waals surface area contributed by atoms with Crippen molar-refractivity contribution in [3.63, 3.8) is 0 Å². The Morgan fingerprint density at radius 1 is 1.15 bits per heavy atom. The van der Waals surface area contributed by atoms with E-state index < -0.39 is 0 Å². The van der Waals surface area contributed by atoms with Crippen molar-refractivity contribution in [1.29, 1.82) is 0 Å². The molecule has 0 saturated carbocycles. The molecule has 0 spiro atoms. The predicted molar refractivity (Wildman–Crippen MR) is 102 cm³/mol. The lowest BCUT2D eigenvalue weighted by molar-refractivity contribution is -0.121. The molecule has 0 aliphatic carbocycles. The Bertz CT molecular complexity index is 815. The lowest BCUT2D eigenvalue weighted by Crippen LogP contribution is -2.38. The van der Waals surface area contributed by atoms with Gasteiger partial charge in [0.15, 0.2) is 0 Å². The molecule has 5 nitrogen and oxygen atoms in total. The quantitative estimate of drug-likeness (QED) is 0.900. The van der Waals surface area contributed by atoms with Gasteiger partial charge in [0.05, 0.1) is 19.6 Å². The number of carbonyl (C=O) groups excluding carboxylic acids is 2. The normalized spacial score (nSPS) is 16.7. The molecular weight excluding hydrogens is 328 g/mol. The third kappa shape index (κ3) is 4.04. The lowest BCUT2D eigenvalue weighted by atomic mass is 10.1. The maximum Gasteiger partial charge on any atom is 0.229 e. The fourth-order valence-electron chi connectivity index (χ4n) is 3.15. The van der Waals surface area contributed by atoms with Crippen molar-refractivity contribution in [3.8, 4) is 5.75 Å². The highest BCUT2D eigenvalue weighted by Crippen LogP contribution is 2.24. The summed E-state index contributed by atoms with van der Waals surface area (Å²) < 4.78 is 5.12. The summed E-state index contributed by atoms with van der Waals surface area (Å²) in [6, 6.07) is 13.3. The van der Waals surface area contributed by atoms with Crippen molar-refractivity contribution < 1.29 is 14.3 Å². The van der Waals surface area contributed by atoms with E-state index in [9.17, 15) is 9.59 Å². The van der Waals surface area contributed by atoms with E-state index >= 15 is 0 Å². The summed E-state index contributed by atoms with van der Waals surface area (Å²) in [4.78, 5) is 26.4. The van der Waals surface area contributed by atoms with Gasteiger partial charge in [0, 0.05) is 18.7 Å². The number of rotatable bonds is 5. The molecule has 0 bridgehead atoms. The molecule has 5 heteroatoms. The second-order valence-electron chi connectivity index (χ2n) is 6.77. The number of hydrogen-bond donors (Lipinski definition) is 1. The van der Waals surface area contributed by atoms with Crippen LogP contribution in [0.1, 0.15) is 23.1 Å². The number of anilines is 1. The van der Waals surface area contributed by atoms with Crippen LogP contribution in [0.3, 0.4) is 0 Å². The van der Waals surface area contributed by atoms with E-state index in [0.29, 0.717) is 19.4 Å². The molecule has 1 aliphatic rings. The van der Waals surface area contributed by atoms with Crippen LogP contribution in [-0.2, 0) is 16.0 Å². The molecule has 1 aliphatic heterocycles. The van der Waals surface area contributed by atoms with Gasteiger partial charge in [-0.1, -0.05) is 18.2 Å². The first-order valence-corrected chi connectivity index (χ1v) is 8.76. The topological polar surface area (TPSA) is 58.6 Å². The number of nitrogens with one attached hydrogen (secondary N) is 1. The smallest absolute Gasteiger partial charge is 0.229 e. The molecule has 136 valence electrons. The van der Waals surface area contributed by atoms with Crippen LogP contribution in [0.5, 0.6) is 5.75 Å². The average Bonchev–Trinajstić information content (AvgIpc) is 2.98. The summed E-state index contributed by atoms with van der Waals surface area (Å²) in [6.07, 6.45) is 0.625. The monoisotopic (exact) mass is 352 g/mol. The largest absolute Gasteiger partial charge is 0.497 e. The number of amides is 2. The van der Waals surface area contributed by atoms with Crippen molar-refractivity contribution in [2.75, 3.05) is 18.6 Å². The van der Waals surface area contributed by atoms with Gasteiger partial charge in [0.2, 0.25) is 11.8 Å². The minimum atomic E-state index is -0.158. The first-order chi connectivity index (χ1) is 12.5. The Labute approximate surface area is 154 Å². The molecular formula is C21H24N2O3. The molecule has 2 amide bonds. The first kappa shape index (κ1) is 18.0. The van der Waals surface area contributed by atoms with Crippen molar-refractivity contribution in [1.82, 2.24) is 5.32 Å². The molecule has 2 aromatic rings. The van der Waals surface area contributed by atoms with E-state index in [2.05, 4.69) is 5.32 Å². The predicted octanol–water partition coefficient (Wildman–Crippen LogP) is 2.78. The molecule has 1 heterocycles. The second-order valence-corrected chi connectivity index (χ2v) is 6.77. The molecule has 1 saturated heterocycles. The highest BCUT2D eigenvalue weighted by atomic mass is 16.5. The average molecular weight is 352 g/mol. The second kappa shape index (κ2) is 7.60. The van der Waals surface area contributed by atoms with Crippen LogP contribution < -0.4 is 15.0 Å². The van der Waals surface area contributed by atoms with Gasteiger partial charge < -0.3 is 15.0 Å². The van der Waals surface area contributed by atoms with Gasteiger partial charge in [0.25, 0.3) is 0 Å². The van der Waals surface area contributed by atoms with Crippen molar-refractivity contribution in [2.24, 2.45) is 0 Å². The van der Waals surface area contributed by atoms with Crippen molar-refractivity contribution in [3.05, 3.63) is 59.2 Å². The summed E-state index contributed by atoms with van der Waals surface area (Å²) in [5.41, 5.74) is 4.16. The third-order valence-corrected chi connectivity index (χ3v) is 4.82. The van der Waals surface area contributed by atoms with Crippen LogP contribution in [0.2, 0.25) is 0 Å². The highest BCUT2D eigenvalue weighted by molar-refractivity contribution is 5.97. The maximum absolute atomic E-state index is 12.4. The van der Waals surface area contributed by atoms with Crippen LogP contribution in [0, 0.1) is 13.8 Å². The SMILES string of the molecule is COc1ccc(CC(=O)N[C@@H]2CC(=O)N(c3ccc(C)c(C)c3)C2)cc1. The van der Waals surface area contributed by atoms with Crippen LogP contribution in [0.15, 0.2) is 42.5 Å². The molecule has 1 atom stereocenters. The molecule has 2 aromatic carbocycles. The van der Waals surface area contributed by atoms with Gasteiger partial charge in [0.1, 0.15) is 5.75 Å². The van der Waals surface area contributed by atoms with Gasteiger partial charge in [-0.05, 0) is 54.8 Å². The number of benzene rings is 2. The van der Waals surface area contributed by atoms with Crippen molar-refractivity contribution >= 4 is 17.5 Å². The molecule has 1 fully saturated rings. The fraction of sp³-hybridized carbons (Fsp3) is 0.333.